The second-order valence-corrected chi connectivity index (χ2v) is 19.4. The average Bonchev–Trinajstić information content (AvgIpc) is 3.84. The molecular weight excluding hydrogens is 831 g/mol. The van der Waals surface area contributed by atoms with Crippen molar-refractivity contribution in [3.05, 3.63) is 281 Å². The first kappa shape index (κ1) is 37.1. The van der Waals surface area contributed by atoms with E-state index in [4.69, 9.17) is 4.74 Å². The molecule has 2 aliphatic carbocycles. The van der Waals surface area contributed by atoms with Crippen LogP contribution in [-0.2, 0) is 10.8 Å². The second-order valence-electron chi connectivity index (χ2n) is 18.3. The summed E-state index contributed by atoms with van der Waals surface area (Å²) in [7, 11) is 0. The molecule has 0 atom stereocenters. The Kier molecular flexibility index (Phi) is 7.60. The summed E-state index contributed by atoms with van der Waals surface area (Å²) in [6.45, 7) is 0. The van der Waals surface area contributed by atoms with E-state index in [0.717, 1.165) is 39.7 Å². The maximum Gasteiger partial charge on any atom is 0.132 e. The molecule has 0 amide bonds. The Hall–Kier alpha value is -8.11. The summed E-state index contributed by atoms with van der Waals surface area (Å²) in [5.74, 6) is 1.78. The van der Waals surface area contributed by atoms with Crippen LogP contribution in [0, 0.1) is 0 Å². The Morgan fingerprint density at radius 3 is 1.48 bits per heavy atom. The van der Waals surface area contributed by atoms with E-state index in [1.165, 1.54) is 87.0 Å². The number of ether oxygens (including phenoxy) is 1. The van der Waals surface area contributed by atoms with E-state index in [9.17, 15) is 0 Å². The lowest BCUT2D eigenvalue weighted by Crippen LogP contribution is -2.32. The molecule has 0 saturated carbocycles. The normalized spacial score (nSPS) is 14.6. The Morgan fingerprint density at radius 2 is 0.761 bits per heavy atom. The zero-order valence-electron chi connectivity index (χ0n) is 36.3. The van der Waals surface area contributed by atoms with E-state index in [-0.39, 0.29) is 0 Å². The first-order valence-corrected chi connectivity index (χ1v) is 24.0. The molecule has 0 N–H and O–H groups in total. The topological polar surface area (TPSA) is 12.5 Å². The Balaban J connectivity index is 1.01. The quantitative estimate of drug-likeness (QED) is 0.164. The summed E-state index contributed by atoms with van der Waals surface area (Å²) < 4.78 is 6.73. The Labute approximate surface area is 393 Å². The molecule has 11 aromatic rings. The van der Waals surface area contributed by atoms with Crippen LogP contribution >= 0.6 is 11.8 Å². The fraction of sp³-hybridized carbons (Fsp3) is 0.0312. The van der Waals surface area contributed by atoms with E-state index < -0.39 is 10.8 Å². The van der Waals surface area contributed by atoms with Gasteiger partial charge in [0.2, 0.25) is 0 Å². The van der Waals surface area contributed by atoms with Crippen LogP contribution < -0.4 is 9.64 Å². The van der Waals surface area contributed by atoms with Gasteiger partial charge in [-0.2, -0.15) is 0 Å². The number of anilines is 3. The van der Waals surface area contributed by atoms with Crippen molar-refractivity contribution >= 4 is 50.4 Å². The molecule has 2 spiro atoms. The van der Waals surface area contributed by atoms with Gasteiger partial charge >= 0.3 is 0 Å². The van der Waals surface area contributed by atoms with Gasteiger partial charge in [0.15, 0.2) is 0 Å². The minimum Gasteiger partial charge on any atom is -0.457 e. The van der Waals surface area contributed by atoms with Crippen LogP contribution in [0.3, 0.4) is 0 Å². The predicted octanol–water partition coefficient (Wildman–Crippen LogP) is 16.8. The smallest absolute Gasteiger partial charge is 0.132 e. The van der Waals surface area contributed by atoms with Crippen LogP contribution in [0.15, 0.2) is 246 Å². The molecule has 11 aromatic carbocycles. The van der Waals surface area contributed by atoms with E-state index >= 15 is 0 Å². The first-order chi connectivity index (χ1) is 33.2. The fourth-order valence-electron chi connectivity index (χ4n) is 12.6. The summed E-state index contributed by atoms with van der Waals surface area (Å²) in [5, 5.41) is 4.96. The van der Waals surface area contributed by atoms with Gasteiger partial charge < -0.3 is 9.64 Å². The first-order valence-electron chi connectivity index (χ1n) is 23.2. The molecule has 0 fully saturated rings. The highest BCUT2D eigenvalue weighted by Gasteiger charge is 2.52. The van der Waals surface area contributed by atoms with Crippen LogP contribution in [0.4, 0.5) is 17.1 Å². The molecule has 67 heavy (non-hydrogen) atoms. The molecule has 4 aliphatic rings. The molecule has 0 saturated heterocycles. The number of hydrogen-bond acceptors (Lipinski definition) is 3. The fourth-order valence-corrected chi connectivity index (χ4v) is 13.7. The van der Waals surface area contributed by atoms with E-state index in [1.807, 2.05) is 11.8 Å². The summed E-state index contributed by atoms with van der Waals surface area (Å²) in [5.41, 5.74) is 17.5. The number of nitrogens with zero attached hydrogens (tertiary/aromatic N) is 1. The number of fused-ring (bicyclic) bond motifs is 21. The van der Waals surface area contributed by atoms with Crippen LogP contribution in [0.1, 0.15) is 44.5 Å². The standard InChI is InChI=1S/C64H39NOS/c1-2-16-45-40(15-1)29-30-41-37-42(31-34-46(41)45)65(43-33-36-53-50(38-43)48-18-4-6-20-52(48)63(53)56-23-9-13-27-61(56)67-62-28-14-10-24-57(62)63)44-32-35-49-47-17-3-5-19-51(47)64(58(49)39-44)54-21-7-11-25-59(54)66-60-26-12-8-22-55(60)64/h1-39H. The minimum atomic E-state index is -0.593. The predicted molar refractivity (Wildman–Crippen MR) is 275 cm³/mol. The van der Waals surface area contributed by atoms with Gasteiger partial charge in [-0.15, -0.1) is 0 Å². The highest BCUT2D eigenvalue weighted by atomic mass is 32.2. The lowest BCUT2D eigenvalue weighted by molar-refractivity contribution is 0.436. The zero-order chi connectivity index (χ0) is 43.8. The lowest BCUT2D eigenvalue weighted by Gasteiger charge is -2.40. The molecule has 2 aliphatic heterocycles. The van der Waals surface area contributed by atoms with Crippen molar-refractivity contribution in [2.24, 2.45) is 0 Å². The maximum absolute atomic E-state index is 6.73. The molecule has 0 bridgehead atoms. The van der Waals surface area contributed by atoms with Gasteiger partial charge in [-0.3, -0.25) is 0 Å². The molecule has 2 heterocycles. The largest absolute Gasteiger partial charge is 0.457 e. The summed E-state index contributed by atoms with van der Waals surface area (Å²) in [4.78, 5) is 5.11. The van der Waals surface area contributed by atoms with Crippen molar-refractivity contribution < 1.29 is 4.74 Å². The van der Waals surface area contributed by atoms with Crippen LogP contribution in [0.5, 0.6) is 11.5 Å². The van der Waals surface area contributed by atoms with E-state index in [0.29, 0.717) is 0 Å². The van der Waals surface area contributed by atoms with Crippen molar-refractivity contribution in [1.29, 1.82) is 0 Å². The average molecular weight is 870 g/mol. The number of para-hydroxylation sites is 2. The zero-order valence-corrected chi connectivity index (χ0v) is 37.1. The van der Waals surface area contributed by atoms with Crippen molar-refractivity contribution in [2.45, 2.75) is 20.6 Å². The molecular formula is C64H39NOS. The summed E-state index contributed by atoms with van der Waals surface area (Å²) in [6.07, 6.45) is 0. The van der Waals surface area contributed by atoms with Gasteiger partial charge in [0.1, 0.15) is 11.5 Å². The van der Waals surface area contributed by atoms with Gasteiger partial charge in [0.05, 0.1) is 10.8 Å². The summed E-state index contributed by atoms with van der Waals surface area (Å²) >= 11 is 1.89. The molecule has 3 heteroatoms. The van der Waals surface area contributed by atoms with E-state index in [1.54, 1.807) is 0 Å². The Morgan fingerprint density at radius 1 is 0.299 bits per heavy atom. The second kappa shape index (κ2) is 13.7. The third kappa shape index (κ3) is 4.86. The maximum atomic E-state index is 6.73. The third-order valence-corrected chi connectivity index (χ3v) is 16.3. The monoisotopic (exact) mass is 869 g/mol. The van der Waals surface area contributed by atoms with Crippen LogP contribution in [-0.4, -0.2) is 0 Å². The number of hydrogen-bond donors (Lipinski definition) is 0. The number of benzene rings is 11. The lowest BCUT2D eigenvalue weighted by atomic mass is 9.66. The van der Waals surface area contributed by atoms with Crippen molar-refractivity contribution in [3.8, 4) is 33.8 Å². The molecule has 312 valence electrons. The van der Waals surface area contributed by atoms with Crippen LogP contribution in [0.25, 0.3) is 43.8 Å². The van der Waals surface area contributed by atoms with Crippen molar-refractivity contribution in [3.63, 3.8) is 0 Å². The van der Waals surface area contributed by atoms with Gasteiger partial charge in [-0.1, -0.05) is 188 Å². The van der Waals surface area contributed by atoms with Crippen molar-refractivity contribution in [2.75, 3.05) is 4.90 Å². The minimum absolute atomic E-state index is 0.451. The van der Waals surface area contributed by atoms with Crippen molar-refractivity contribution in [1.82, 2.24) is 0 Å². The highest BCUT2D eigenvalue weighted by Crippen LogP contribution is 2.65. The third-order valence-electron chi connectivity index (χ3n) is 15.2. The molecule has 0 aromatic heterocycles. The van der Waals surface area contributed by atoms with Gasteiger partial charge in [-0.25, -0.2) is 0 Å². The highest BCUT2D eigenvalue weighted by molar-refractivity contribution is 7.99. The van der Waals surface area contributed by atoms with Gasteiger partial charge in [-0.05, 0) is 138 Å². The molecule has 0 unspecified atom stereocenters. The number of rotatable bonds is 3. The van der Waals surface area contributed by atoms with Crippen LogP contribution in [0.2, 0.25) is 0 Å². The SMILES string of the molecule is c1ccc2c(c1)Oc1ccccc1C21c2ccccc2-c2ccc(N(c3ccc4c(c3)-c3ccccc3C43c4ccccc4Sc4ccccc43)c3ccc4c(ccc5ccccc54)c3)cc21. The van der Waals surface area contributed by atoms with Gasteiger partial charge in [0.25, 0.3) is 0 Å². The molecule has 15 rings (SSSR count). The molecule has 0 radical (unpaired) electrons. The molecule has 2 nitrogen and oxygen atoms in total. The van der Waals surface area contributed by atoms with Gasteiger partial charge in [0, 0.05) is 38.0 Å². The summed E-state index contributed by atoms with van der Waals surface area (Å²) in [6, 6.07) is 88.2. The Bertz CT molecular complexity index is 3830. The van der Waals surface area contributed by atoms with E-state index in [2.05, 4.69) is 241 Å².